The molecule has 0 aliphatic carbocycles. The zero-order valence-corrected chi connectivity index (χ0v) is 14.9. The molecular formula is C17H28N2O2S. The minimum atomic E-state index is -3.45. The Bertz CT molecular complexity index is 605. The molecule has 1 fully saturated rings. The van der Waals surface area contributed by atoms with Gasteiger partial charge in [-0.05, 0) is 62.9 Å². The van der Waals surface area contributed by atoms with Gasteiger partial charge in [-0.3, -0.25) is 4.90 Å². The fourth-order valence-electron chi connectivity index (χ4n) is 3.13. The summed E-state index contributed by atoms with van der Waals surface area (Å²) in [6.07, 6.45) is 2.43. The summed E-state index contributed by atoms with van der Waals surface area (Å²) >= 11 is 0. The molecule has 1 heterocycles. The second-order valence-electron chi connectivity index (χ2n) is 6.68. The van der Waals surface area contributed by atoms with Gasteiger partial charge in [0.25, 0.3) is 0 Å². The molecule has 0 radical (unpaired) electrons. The predicted octanol–water partition coefficient (Wildman–Crippen LogP) is 2.70. The molecule has 1 aliphatic rings. The van der Waals surface area contributed by atoms with Crippen molar-refractivity contribution < 1.29 is 8.42 Å². The maximum Gasteiger partial charge on any atom is 0.240 e. The average molecular weight is 324 g/mol. The number of likely N-dealkylation sites (tertiary alicyclic amines) is 1. The van der Waals surface area contributed by atoms with E-state index in [0.717, 1.165) is 24.2 Å². The Morgan fingerprint density at radius 1 is 1.18 bits per heavy atom. The zero-order chi connectivity index (χ0) is 16.3. The van der Waals surface area contributed by atoms with Crippen LogP contribution in [0.15, 0.2) is 23.1 Å². The summed E-state index contributed by atoms with van der Waals surface area (Å²) in [6.45, 7) is 10.7. The van der Waals surface area contributed by atoms with Crippen LogP contribution in [0.1, 0.15) is 37.8 Å². The summed E-state index contributed by atoms with van der Waals surface area (Å²) in [4.78, 5) is 2.81. The summed E-state index contributed by atoms with van der Waals surface area (Å²) < 4.78 is 28.1. The summed E-state index contributed by atoms with van der Waals surface area (Å²) in [7, 11) is -3.45. The fraction of sp³-hybridized carbons (Fsp3) is 0.647. The third kappa shape index (κ3) is 4.09. The standard InChI is InChI=1S/C17H28N2O2S/c1-13(2)16(19-9-5-6-10-19)12-18-22(20,21)17-11-14(3)7-8-15(17)4/h7-8,11,13,16,18H,5-6,9-10,12H2,1-4H3. The van der Waals surface area contributed by atoms with E-state index in [9.17, 15) is 8.42 Å². The molecule has 124 valence electrons. The van der Waals surface area contributed by atoms with E-state index >= 15 is 0 Å². The van der Waals surface area contributed by atoms with Crippen molar-refractivity contribution in [1.29, 1.82) is 0 Å². The van der Waals surface area contributed by atoms with Crippen LogP contribution in [0.4, 0.5) is 0 Å². The first kappa shape index (κ1) is 17.4. The Hall–Kier alpha value is -0.910. The van der Waals surface area contributed by atoms with Crippen molar-refractivity contribution in [2.24, 2.45) is 5.92 Å². The lowest BCUT2D eigenvalue weighted by molar-refractivity contribution is 0.193. The van der Waals surface area contributed by atoms with Crippen LogP contribution in [-0.4, -0.2) is 39.0 Å². The van der Waals surface area contributed by atoms with Gasteiger partial charge in [0.05, 0.1) is 4.90 Å². The Labute approximate surface area is 135 Å². The average Bonchev–Trinajstić information content (AvgIpc) is 2.95. The topological polar surface area (TPSA) is 49.4 Å². The van der Waals surface area contributed by atoms with Crippen molar-refractivity contribution >= 4 is 10.0 Å². The van der Waals surface area contributed by atoms with Crippen LogP contribution in [-0.2, 0) is 10.0 Å². The molecule has 1 atom stereocenters. The lowest BCUT2D eigenvalue weighted by Gasteiger charge is -2.31. The number of aryl methyl sites for hydroxylation is 2. The van der Waals surface area contributed by atoms with Crippen LogP contribution in [0.3, 0.4) is 0 Å². The first-order chi connectivity index (χ1) is 10.3. The van der Waals surface area contributed by atoms with Gasteiger partial charge >= 0.3 is 0 Å². The minimum absolute atomic E-state index is 0.266. The maximum absolute atomic E-state index is 12.6. The molecule has 1 aromatic carbocycles. The lowest BCUT2D eigenvalue weighted by atomic mass is 10.0. The molecule has 0 spiro atoms. The molecule has 2 rings (SSSR count). The first-order valence-corrected chi connectivity index (χ1v) is 9.60. The molecule has 1 aromatic rings. The second kappa shape index (κ2) is 7.11. The molecule has 1 saturated heterocycles. The Morgan fingerprint density at radius 2 is 1.82 bits per heavy atom. The van der Waals surface area contributed by atoms with Crippen molar-refractivity contribution in [1.82, 2.24) is 9.62 Å². The number of rotatable bonds is 6. The largest absolute Gasteiger partial charge is 0.299 e. The van der Waals surface area contributed by atoms with Crippen molar-refractivity contribution in [3.63, 3.8) is 0 Å². The van der Waals surface area contributed by atoms with E-state index in [2.05, 4.69) is 23.5 Å². The molecule has 1 unspecified atom stereocenters. The molecule has 1 aliphatic heterocycles. The monoisotopic (exact) mass is 324 g/mol. The van der Waals surface area contributed by atoms with Gasteiger partial charge in [0.15, 0.2) is 0 Å². The smallest absolute Gasteiger partial charge is 0.240 e. The number of hydrogen-bond donors (Lipinski definition) is 1. The molecule has 5 heteroatoms. The summed E-state index contributed by atoms with van der Waals surface area (Å²) in [5.74, 6) is 0.430. The number of nitrogens with one attached hydrogen (secondary N) is 1. The van der Waals surface area contributed by atoms with Gasteiger partial charge in [0.2, 0.25) is 10.0 Å². The van der Waals surface area contributed by atoms with Gasteiger partial charge in [0, 0.05) is 12.6 Å². The van der Waals surface area contributed by atoms with E-state index < -0.39 is 10.0 Å². The number of hydrogen-bond acceptors (Lipinski definition) is 3. The Kier molecular flexibility index (Phi) is 5.64. The minimum Gasteiger partial charge on any atom is -0.299 e. The van der Waals surface area contributed by atoms with E-state index in [1.165, 1.54) is 12.8 Å². The Balaban J connectivity index is 2.12. The van der Waals surface area contributed by atoms with Crippen molar-refractivity contribution in [2.45, 2.75) is 51.5 Å². The second-order valence-corrected chi connectivity index (χ2v) is 8.41. The summed E-state index contributed by atoms with van der Waals surface area (Å²) in [5, 5.41) is 0. The number of sulfonamides is 1. The van der Waals surface area contributed by atoms with Crippen LogP contribution in [0.5, 0.6) is 0 Å². The van der Waals surface area contributed by atoms with E-state index in [4.69, 9.17) is 0 Å². The van der Waals surface area contributed by atoms with Crippen molar-refractivity contribution in [3.8, 4) is 0 Å². The quantitative estimate of drug-likeness (QED) is 0.875. The van der Waals surface area contributed by atoms with Crippen molar-refractivity contribution in [2.75, 3.05) is 19.6 Å². The molecule has 22 heavy (non-hydrogen) atoms. The fourth-order valence-corrected chi connectivity index (χ4v) is 4.51. The van der Waals surface area contributed by atoms with Crippen molar-refractivity contribution in [3.05, 3.63) is 29.3 Å². The van der Waals surface area contributed by atoms with Crippen LogP contribution in [0, 0.1) is 19.8 Å². The molecule has 0 aromatic heterocycles. The van der Waals surface area contributed by atoms with Gasteiger partial charge in [-0.1, -0.05) is 26.0 Å². The van der Waals surface area contributed by atoms with E-state index in [1.807, 2.05) is 26.0 Å². The van der Waals surface area contributed by atoms with E-state index in [-0.39, 0.29) is 6.04 Å². The molecule has 0 saturated carbocycles. The predicted molar refractivity (Wildman–Crippen MR) is 90.5 cm³/mol. The maximum atomic E-state index is 12.6. The third-order valence-corrected chi connectivity index (χ3v) is 6.06. The van der Waals surface area contributed by atoms with E-state index in [1.54, 1.807) is 6.07 Å². The van der Waals surface area contributed by atoms with Gasteiger partial charge in [-0.25, -0.2) is 13.1 Å². The third-order valence-electron chi connectivity index (χ3n) is 4.49. The van der Waals surface area contributed by atoms with Crippen LogP contribution in [0.2, 0.25) is 0 Å². The van der Waals surface area contributed by atoms with Gasteiger partial charge < -0.3 is 0 Å². The van der Waals surface area contributed by atoms with Crippen LogP contribution >= 0.6 is 0 Å². The highest BCUT2D eigenvalue weighted by Crippen LogP contribution is 2.20. The lowest BCUT2D eigenvalue weighted by Crippen LogP contribution is -2.45. The van der Waals surface area contributed by atoms with Gasteiger partial charge in [-0.2, -0.15) is 0 Å². The highest BCUT2D eigenvalue weighted by molar-refractivity contribution is 7.89. The molecule has 1 N–H and O–H groups in total. The van der Waals surface area contributed by atoms with Gasteiger partial charge in [0.1, 0.15) is 0 Å². The normalized spacial score (nSPS) is 18.0. The molecular weight excluding hydrogens is 296 g/mol. The highest BCUT2D eigenvalue weighted by Gasteiger charge is 2.26. The van der Waals surface area contributed by atoms with Crippen LogP contribution < -0.4 is 4.72 Å². The Morgan fingerprint density at radius 3 is 2.41 bits per heavy atom. The summed E-state index contributed by atoms with van der Waals surface area (Å²) in [6, 6.07) is 5.82. The SMILES string of the molecule is Cc1ccc(C)c(S(=O)(=O)NCC(C(C)C)N2CCCC2)c1. The number of benzene rings is 1. The zero-order valence-electron chi connectivity index (χ0n) is 14.1. The van der Waals surface area contributed by atoms with Crippen LogP contribution in [0.25, 0.3) is 0 Å². The number of nitrogens with zero attached hydrogens (tertiary/aromatic N) is 1. The molecule has 0 amide bonds. The van der Waals surface area contributed by atoms with E-state index in [0.29, 0.717) is 17.4 Å². The van der Waals surface area contributed by atoms with Gasteiger partial charge in [-0.15, -0.1) is 0 Å². The molecule has 4 nitrogen and oxygen atoms in total. The highest BCUT2D eigenvalue weighted by atomic mass is 32.2. The molecule has 0 bridgehead atoms. The first-order valence-electron chi connectivity index (χ1n) is 8.12. The summed E-state index contributed by atoms with van der Waals surface area (Å²) in [5.41, 5.74) is 1.76.